The highest BCUT2D eigenvalue weighted by molar-refractivity contribution is 7.90. The van der Waals surface area contributed by atoms with Crippen molar-refractivity contribution in [2.24, 2.45) is 11.7 Å². The molecule has 0 radical (unpaired) electrons. The van der Waals surface area contributed by atoms with Crippen LogP contribution in [0.25, 0.3) is 0 Å². The zero-order chi connectivity index (χ0) is 21.2. The van der Waals surface area contributed by atoms with Crippen LogP contribution in [0.4, 0.5) is 25.8 Å². The van der Waals surface area contributed by atoms with Crippen LogP contribution < -0.4 is 15.8 Å². The number of nitrogens with zero attached hydrogens (tertiary/aromatic N) is 1. The Morgan fingerprint density at radius 1 is 1.21 bits per heavy atom. The van der Waals surface area contributed by atoms with Crippen LogP contribution in [0.2, 0.25) is 5.02 Å². The molecule has 1 atom stereocenters. The number of primary amides is 1. The van der Waals surface area contributed by atoms with E-state index in [1.165, 1.54) is 0 Å². The molecule has 1 saturated heterocycles. The third-order valence-electron chi connectivity index (χ3n) is 4.54. The smallest absolute Gasteiger partial charge is 0.301 e. The molecule has 0 aliphatic carbocycles. The van der Waals surface area contributed by atoms with Gasteiger partial charge in [-0.2, -0.15) is 12.7 Å². The first-order valence-electron chi connectivity index (χ1n) is 8.75. The molecule has 1 heterocycles. The van der Waals surface area contributed by atoms with Crippen LogP contribution in [0.1, 0.15) is 12.8 Å². The number of carbonyl (C=O) groups excluding carboxylic acids is 1. The maximum absolute atomic E-state index is 14.2. The monoisotopic (exact) mass is 444 g/mol. The number of rotatable bonds is 6. The van der Waals surface area contributed by atoms with Gasteiger partial charge in [-0.25, -0.2) is 8.78 Å². The molecule has 29 heavy (non-hydrogen) atoms. The fraction of sp³-hybridized carbons (Fsp3) is 0.278. The molecule has 1 aliphatic heterocycles. The standard InChI is InChI=1S/C18H19ClF2N4O3S/c19-13-5-1-2-6-15(13)23-16-9-12(8-14(20)17(16)21)24-29(27,28)25-7-3-4-11(10-25)18(22)26/h1-2,5-6,8-9,11,23-24H,3-4,7,10H2,(H2,22,26). The van der Waals surface area contributed by atoms with E-state index < -0.39 is 33.7 Å². The minimum atomic E-state index is -4.10. The van der Waals surface area contributed by atoms with Crippen LogP contribution >= 0.6 is 11.6 Å². The molecule has 1 unspecified atom stereocenters. The highest BCUT2D eigenvalue weighted by atomic mass is 35.5. The summed E-state index contributed by atoms with van der Waals surface area (Å²) in [5, 5.41) is 2.93. The molecule has 0 saturated carbocycles. The first-order valence-corrected chi connectivity index (χ1v) is 10.6. The maximum atomic E-state index is 14.2. The van der Waals surface area contributed by atoms with Gasteiger partial charge in [-0.1, -0.05) is 23.7 Å². The first kappa shape index (κ1) is 21.3. The second-order valence-corrected chi connectivity index (χ2v) is 8.71. The van der Waals surface area contributed by atoms with Crippen molar-refractivity contribution < 1.29 is 22.0 Å². The Morgan fingerprint density at radius 2 is 1.93 bits per heavy atom. The summed E-state index contributed by atoms with van der Waals surface area (Å²) >= 11 is 6.02. The molecule has 1 amide bonds. The number of halogens is 3. The Hall–Kier alpha value is -2.43. The number of hydrogen-bond acceptors (Lipinski definition) is 4. The predicted molar refractivity (Wildman–Crippen MR) is 107 cm³/mol. The quantitative estimate of drug-likeness (QED) is 0.636. The summed E-state index contributed by atoms with van der Waals surface area (Å²) in [4.78, 5) is 11.4. The van der Waals surface area contributed by atoms with Crippen molar-refractivity contribution in [1.82, 2.24) is 4.31 Å². The second-order valence-electron chi connectivity index (χ2n) is 6.63. The van der Waals surface area contributed by atoms with Crippen molar-refractivity contribution in [3.8, 4) is 0 Å². The third-order valence-corrected chi connectivity index (χ3v) is 6.38. The molecule has 0 bridgehead atoms. The van der Waals surface area contributed by atoms with E-state index in [-0.39, 0.29) is 29.5 Å². The van der Waals surface area contributed by atoms with Crippen LogP contribution in [-0.2, 0) is 15.0 Å². The van der Waals surface area contributed by atoms with Gasteiger partial charge >= 0.3 is 10.2 Å². The number of benzene rings is 2. The van der Waals surface area contributed by atoms with E-state index in [0.29, 0.717) is 18.5 Å². The van der Waals surface area contributed by atoms with Crippen molar-refractivity contribution >= 4 is 44.8 Å². The zero-order valence-electron chi connectivity index (χ0n) is 15.2. The van der Waals surface area contributed by atoms with E-state index in [2.05, 4.69) is 10.0 Å². The van der Waals surface area contributed by atoms with Gasteiger partial charge in [0.2, 0.25) is 5.91 Å². The maximum Gasteiger partial charge on any atom is 0.301 e. The SMILES string of the molecule is NC(=O)C1CCCN(S(=O)(=O)Nc2cc(F)c(F)c(Nc3ccccc3Cl)c2)C1. The van der Waals surface area contributed by atoms with Gasteiger partial charge < -0.3 is 11.1 Å². The van der Waals surface area contributed by atoms with Crippen molar-refractivity contribution in [1.29, 1.82) is 0 Å². The predicted octanol–water partition coefficient (Wildman–Crippen LogP) is 3.22. The minimum absolute atomic E-state index is 0.0704. The van der Waals surface area contributed by atoms with Crippen molar-refractivity contribution in [3.63, 3.8) is 0 Å². The lowest BCUT2D eigenvalue weighted by Gasteiger charge is -2.30. The van der Waals surface area contributed by atoms with Crippen LogP contribution in [-0.4, -0.2) is 31.7 Å². The summed E-state index contributed by atoms with van der Waals surface area (Å²) in [6.45, 7) is 0.118. The summed E-state index contributed by atoms with van der Waals surface area (Å²) in [5.41, 5.74) is 5.13. The number of nitrogens with one attached hydrogen (secondary N) is 2. The van der Waals surface area contributed by atoms with Gasteiger partial charge in [0.1, 0.15) is 0 Å². The number of hydrogen-bond donors (Lipinski definition) is 3. The molecule has 1 aliphatic rings. The average molecular weight is 445 g/mol. The molecule has 2 aromatic carbocycles. The Labute approximate surface area is 172 Å². The number of nitrogens with two attached hydrogens (primary N) is 1. The van der Waals surface area contributed by atoms with Gasteiger partial charge in [-0.15, -0.1) is 0 Å². The second kappa shape index (κ2) is 8.52. The number of piperidine rings is 1. The molecular formula is C18H19ClF2N4O3S. The summed E-state index contributed by atoms with van der Waals surface area (Å²) in [6, 6.07) is 8.31. The Morgan fingerprint density at radius 3 is 2.62 bits per heavy atom. The Bertz CT molecular complexity index is 1040. The van der Waals surface area contributed by atoms with Gasteiger partial charge in [0, 0.05) is 19.2 Å². The average Bonchev–Trinajstić information content (AvgIpc) is 2.67. The van der Waals surface area contributed by atoms with Crippen molar-refractivity contribution in [3.05, 3.63) is 53.1 Å². The molecule has 1 fully saturated rings. The third kappa shape index (κ3) is 4.95. The number of para-hydroxylation sites is 1. The molecule has 7 nitrogen and oxygen atoms in total. The normalized spacial score (nSPS) is 17.7. The highest BCUT2D eigenvalue weighted by Crippen LogP contribution is 2.30. The zero-order valence-corrected chi connectivity index (χ0v) is 16.7. The van der Waals surface area contributed by atoms with E-state index in [9.17, 15) is 22.0 Å². The van der Waals surface area contributed by atoms with E-state index in [4.69, 9.17) is 17.3 Å². The topological polar surface area (TPSA) is 105 Å². The Kier molecular flexibility index (Phi) is 6.25. The first-order chi connectivity index (χ1) is 13.7. The molecule has 11 heteroatoms. The van der Waals surface area contributed by atoms with Crippen LogP contribution in [0, 0.1) is 17.6 Å². The van der Waals surface area contributed by atoms with Gasteiger partial charge in [-0.3, -0.25) is 9.52 Å². The van der Waals surface area contributed by atoms with Crippen molar-refractivity contribution in [2.45, 2.75) is 12.8 Å². The van der Waals surface area contributed by atoms with Crippen molar-refractivity contribution in [2.75, 3.05) is 23.1 Å². The van der Waals surface area contributed by atoms with Crippen LogP contribution in [0.3, 0.4) is 0 Å². The number of carbonyl (C=O) groups is 1. The summed E-state index contributed by atoms with van der Waals surface area (Å²) in [5.74, 6) is -3.60. The van der Waals surface area contributed by atoms with Gasteiger partial charge in [0.25, 0.3) is 0 Å². The highest BCUT2D eigenvalue weighted by Gasteiger charge is 2.31. The Balaban J connectivity index is 1.84. The van der Waals surface area contributed by atoms with E-state index in [1.807, 2.05) is 0 Å². The lowest BCUT2D eigenvalue weighted by molar-refractivity contribution is -0.122. The molecular weight excluding hydrogens is 426 g/mol. The van der Waals surface area contributed by atoms with E-state index in [1.54, 1.807) is 24.3 Å². The molecule has 0 spiro atoms. The fourth-order valence-electron chi connectivity index (χ4n) is 3.05. The van der Waals surface area contributed by atoms with Gasteiger partial charge in [0.05, 0.1) is 28.0 Å². The lowest BCUT2D eigenvalue weighted by atomic mass is 9.99. The van der Waals surface area contributed by atoms with E-state index in [0.717, 1.165) is 16.4 Å². The van der Waals surface area contributed by atoms with Gasteiger partial charge in [0.15, 0.2) is 11.6 Å². The number of amides is 1. The largest absolute Gasteiger partial charge is 0.369 e. The molecule has 4 N–H and O–H groups in total. The van der Waals surface area contributed by atoms with Gasteiger partial charge in [-0.05, 0) is 31.0 Å². The molecule has 156 valence electrons. The van der Waals surface area contributed by atoms with E-state index >= 15 is 0 Å². The fourth-order valence-corrected chi connectivity index (χ4v) is 4.53. The molecule has 3 rings (SSSR count). The molecule has 0 aromatic heterocycles. The lowest BCUT2D eigenvalue weighted by Crippen LogP contribution is -2.46. The summed E-state index contributed by atoms with van der Waals surface area (Å²) in [6.07, 6.45) is 0.962. The summed E-state index contributed by atoms with van der Waals surface area (Å²) in [7, 11) is -4.10. The molecule has 2 aromatic rings. The number of anilines is 3. The van der Waals surface area contributed by atoms with Crippen LogP contribution in [0.15, 0.2) is 36.4 Å². The van der Waals surface area contributed by atoms with Crippen LogP contribution in [0.5, 0.6) is 0 Å². The summed E-state index contributed by atoms with van der Waals surface area (Å²) < 4.78 is 56.9. The minimum Gasteiger partial charge on any atom is -0.369 e.